The van der Waals surface area contributed by atoms with Crippen LogP contribution in [0.2, 0.25) is 0 Å². The van der Waals surface area contributed by atoms with Crippen molar-refractivity contribution in [3.05, 3.63) is 35.6 Å². The van der Waals surface area contributed by atoms with Crippen LogP contribution in [0, 0.1) is 11.3 Å². The van der Waals surface area contributed by atoms with Crippen molar-refractivity contribution in [3.63, 3.8) is 0 Å². The number of carbonyl (C=O) groups excluding carboxylic acids is 1. The number of fused-ring (bicyclic) bond motifs is 1. The van der Waals surface area contributed by atoms with Crippen molar-refractivity contribution in [1.29, 1.82) is 0 Å². The predicted octanol–water partition coefficient (Wildman–Crippen LogP) is 3.76. The number of carbonyl (C=O) groups is 1. The van der Waals surface area contributed by atoms with Crippen molar-refractivity contribution >= 4 is 5.97 Å². The van der Waals surface area contributed by atoms with Crippen LogP contribution in [0.3, 0.4) is 0 Å². The molecule has 0 aromatic carbocycles. The summed E-state index contributed by atoms with van der Waals surface area (Å²) < 4.78 is 5.39. The standard InChI is InChI=1S/C15H20O2/c1-15(2,3)14(16)17-13-9-7-11-5-4-6-12(11)8-10-13/h7-11H,4-6H2,1-3H3/t11-/m1/s1. The third kappa shape index (κ3) is 2.87. The van der Waals surface area contributed by atoms with Gasteiger partial charge in [-0.2, -0.15) is 0 Å². The van der Waals surface area contributed by atoms with Gasteiger partial charge in [0.2, 0.25) is 0 Å². The molecule has 0 aromatic heterocycles. The van der Waals surface area contributed by atoms with Crippen molar-refractivity contribution in [1.82, 2.24) is 0 Å². The molecule has 0 aromatic rings. The van der Waals surface area contributed by atoms with E-state index in [9.17, 15) is 4.79 Å². The molecule has 2 heteroatoms. The van der Waals surface area contributed by atoms with E-state index >= 15 is 0 Å². The number of hydrogen-bond donors (Lipinski definition) is 0. The molecule has 0 unspecified atom stereocenters. The average Bonchev–Trinajstić information content (AvgIpc) is 2.60. The molecule has 92 valence electrons. The van der Waals surface area contributed by atoms with Crippen molar-refractivity contribution in [2.75, 3.05) is 0 Å². The SMILES string of the molecule is CC(C)(C)C(=O)OC1=CC=C2CCC[C@@H]2C=C1. The summed E-state index contributed by atoms with van der Waals surface area (Å²) in [5.74, 6) is 1.03. The summed E-state index contributed by atoms with van der Waals surface area (Å²) in [4.78, 5) is 11.8. The predicted molar refractivity (Wildman–Crippen MR) is 68.2 cm³/mol. The minimum atomic E-state index is -0.454. The van der Waals surface area contributed by atoms with Crippen molar-refractivity contribution in [2.45, 2.75) is 40.0 Å². The molecule has 1 fully saturated rings. The van der Waals surface area contributed by atoms with Crippen LogP contribution in [-0.2, 0) is 9.53 Å². The molecule has 0 heterocycles. The lowest BCUT2D eigenvalue weighted by atomic mass is 9.97. The van der Waals surface area contributed by atoms with Crippen molar-refractivity contribution in [3.8, 4) is 0 Å². The van der Waals surface area contributed by atoms with Crippen LogP contribution in [0.5, 0.6) is 0 Å². The first-order valence-electron chi connectivity index (χ1n) is 6.28. The molecule has 17 heavy (non-hydrogen) atoms. The highest BCUT2D eigenvalue weighted by Crippen LogP contribution is 2.34. The Labute approximate surface area is 103 Å². The zero-order valence-electron chi connectivity index (χ0n) is 10.8. The van der Waals surface area contributed by atoms with Gasteiger partial charge in [0.1, 0.15) is 5.76 Å². The molecule has 2 nitrogen and oxygen atoms in total. The summed E-state index contributed by atoms with van der Waals surface area (Å²) in [6.45, 7) is 5.59. The Kier molecular flexibility index (Phi) is 3.23. The minimum Gasteiger partial charge on any atom is -0.426 e. The van der Waals surface area contributed by atoms with Gasteiger partial charge in [-0.05, 0) is 58.1 Å². The van der Waals surface area contributed by atoms with Gasteiger partial charge in [-0.1, -0.05) is 17.7 Å². The van der Waals surface area contributed by atoms with Gasteiger partial charge in [0, 0.05) is 0 Å². The zero-order chi connectivity index (χ0) is 12.5. The zero-order valence-corrected chi connectivity index (χ0v) is 10.8. The molecular weight excluding hydrogens is 212 g/mol. The number of ether oxygens (including phenoxy) is 1. The molecule has 0 aliphatic heterocycles. The quantitative estimate of drug-likeness (QED) is 0.643. The molecule has 0 radical (unpaired) electrons. The third-order valence-electron chi connectivity index (χ3n) is 3.23. The molecule has 0 N–H and O–H groups in total. The van der Waals surface area contributed by atoms with Gasteiger partial charge in [-0.25, -0.2) is 0 Å². The summed E-state index contributed by atoms with van der Waals surface area (Å²) in [5.41, 5.74) is 1.01. The minimum absolute atomic E-state index is 0.182. The van der Waals surface area contributed by atoms with Crippen LogP contribution >= 0.6 is 0 Å². The van der Waals surface area contributed by atoms with Gasteiger partial charge in [-0.3, -0.25) is 4.79 Å². The van der Waals surface area contributed by atoms with E-state index in [-0.39, 0.29) is 5.97 Å². The lowest BCUT2D eigenvalue weighted by Gasteiger charge is -2.16. The smallest absolute Gasteiger partial charge is 0.316 e. The fourth-order valence-corrected chi connectivity index (χ4v) is 2.11. The number of allylic oxidation sites excluding steroid dienone is 5. The molecule has 2 aliphatic rings. The van der Waals surface area contributed by atoms with Crippen LogP contribution in [0.1, 0.15) is 40.0 Å². The largest absolute Gasteiger partial charge is 0.426 e. The summed E-state index contributed by atoms with van der Waals surface area (Å²) in [6, 6.07) is 0. The van der Waals surface area contributed by atoms with Crippen LogP contribution in [0.25, 0.3) is 0 Å². The lowest BCUT2D eigenvalue weighted by Crippen LogP contribution is -2.22. The maximum absolute atomic E-state index is 11.8. The fourth-order valence-electron chi connectivity index (χ4n) is 2.11. The Morgan fingerprint density at radius 3 is 2.82 bits per heavy atom. The summed E-state index contributed by atoms with van der Waals surface area (Å²) >= 11 is 0. The Balaban J connectivity index is 2.09. The highest BCUT2D eigenvalue weighted by molar-refractivity contribution is 5.76. The molecule has 0 amide bonds. The van der Waals surface area contributed by atoms with E-state index < -0.39 is 5.41 Å². The van der Waals surface area contributed by atoms with E-state index in [1.165, 1.54) is 24.8 Å². The normalized spacial score (nSPS) is 23.6. The Bertz CT molecular complexity index is 405. The second-order valence-electron chi connectivity index (χ2n) is 5.81. The Morgan fingerprint density at radius 1 is 1.35 bits per heavy atom. The molecule has 2 aliphatic carbocycles. The van der Waals surface area contributed by atoms with E-state index in [1.807, 2.05) is 32.9 Å². The second kappa shape index (κ2) is 4.52. The first-order valence-corrected chi connectivity index (χ1v) is 6.28. The summed E-state index contributed by atoms with van der Waals surface area (Å²) in [5, 5.41) is 0. The molecule has 0 bridgehead atoms. The molecule has 1 atom stereocenters. The van der Waals surface area contributed by atoms with E-state index in [4.69, 9.17) is 4.74 Å². The van der Waals surface area contributed by atoms with Gasteiger partial charge in [0.25, 0.3) is 0 Å². The van der Waals surface area contributed by atoms with Gasteiger partial charge < -0.3 is 4.74 Å². The molecule has 1 saturated carbocycles. The van der Waals surface area contributed by atoms with Crippen molar-refractivity contribution < 1.29 is 9.53 Å². The van der Waals surface area contributed by atoms with E-state index in [1.54, 1.807) is 0 Å². The van der Waals surface area contributed by atoms with Crippen LogP contribution < -0.4 is 0 Å². The monoisotopic (exact) mass is 232 g/mol. The first-order chi connectivity index (χ1) is 7.97. The van der Waals surface area contributed by atoms with Crippen LogP contribution in [0.4, 0.5) is 0 Å². The topological polar surface area (TPSA) is 26.3 Å². The average molecular weight is 232 g/mol. The molecular formula is C15H20O2. The maximum atomic E-state index is 11.8. The number of esters is 1. The second-order valence-corrected chi connectivity index (χ2v) is 5.81. The van der Waals surface area contributed by atoms with Crippen molar-refractivity contribution in [2.24, 2.45) is 11.3 Å². The highest BCUT2D eigenvalue weighted by atomic mass is 16.5. The van der Waals surface area contributed by atoms with E-state index in [0.717, 1.165) is 0 Å². The van der Waals surface area contributed by atoms with Crippen LogP contribution in [-0.4, -0.2) is 5.97 Å². The van der Waals surface area contributed by atoms with E-state index in [2.05, 4.69) is 12.2 Å². The Hall–Kier alpha value is -1.31. The summed E-state index contributed by atoms with van der Waals surface area (Å²) in [7, 11) is 0. The highest BCUT2D eigenvalue weighted by Gasteiger charge is 2.25. The number of rotatable bonds is 1. The third-order valence-corrected chi connectivity index (χ3v) is 3.23. The summed E-state index contributed by atoms with van der Waals surface area (Å²) in [6.07, 6.45) is 11.8. The van der Waals surface area contributed by atoms with Crippen LogP contribution in [0.15, 0.2) is 35.6 Å². The van der Waals surface area contributed by atoms with Gasteiger partial charge >= 0.3 is 5.97 Å². The molecule has 0 spiro atoms. The molecule has 2 rings (SSSR count). The van der Waals surface area contributed by atoms with Gasteiger partial charge in [-0.15, -0.1) is 0 Å². The lowest BCUT2D eigenvalue weighted by molar-refractivity contribution is -0.147. The first kappa shape index (κ1) is 12.2. The van der Waals surface area contributed by atoms with E-state index in [0.29, 0.717) is 11.7 Å². The maximum Gasteiger partial charge on any atom is 0.316 e. The van der Waals surface area contributed by atoms with Gasteiger partial charge in [0.05, 0.1) is 5.41 Å². The van der Waals surface area contributed by atoms with Gasteiger partial charge in [0.15, 0.2) is 0 Å². The Morgan fingerprint density at radius 2 is 2.12 bits per heavy atom. The molecule has 0 saturated heterocycles. The fraction of sp³-hybridized carbons (Fsp3) is 0.533. The number of hydrogen-bond acceptors (Lipinski definition) is 2.